The topological polar surface area (TPSA) is 0 Å². The van der Waals surface area contributed by atoms with E-state index in [1.165, 1.54) is 0 Å². The number of hydrogen-bond donors (Lipinski definition) is 0. The predicted molar refractivity (Wildman–Crippen MR) is 43.9 cm³/mol. The standard InChI is InChI=1S/C9H17F3/c1-4-8(7(2)3)5-6-9(10,11)12/h7-8H,4-6H2,1-3H3. The molecule has 0 spiro atoms. The molecule has 0 fully saturated rings. The van der Waals surface area contributed by atoms with Gasteiger partial charge in [0.1, 0.15) is 0 Å². The minimum Gasteiger partial charge on any atom is -0.171 e. The van der Waals surface area contributed by atoms with Crippen LogP contribution in [0.1, 0.15) is 40.0 Å². The number of hydrogen-bond acceptors (Lipinski definition) is 0. The van der Waals surface area contributed by atoms with E-state index in [0.717, 1.165) is 6.42 Å². The van der Waals surface area contributed by atoms with Gasteiger partial charge in [-0.05, 0) is 18.3 Å². The summed E-state index contributed by atoms with van der Waals surface area (Å²) in [5.74, 6) is 0.573. The summed E-state index contributed by atoms with van der Waals surface area (Å²) in [6, 6.07) is 0. The average molecular weight is 182 g/mol. The van der Waals surface area contributed by atoms with Crippen molar-refractivity contribution < 1.29 is 13.2 Å². The van der Waals surface area contributed by atoms with Crippen molar-refractivity contribution in [1.82, 2.24) is 0 Å². The van der Waals surface area contributed by atoms with Crippen LogP contribution in [-0.2, 0) is 0 Å². The fraction of sp³-hybridized carbons (Fsp3) is 1.00. The zero-order chi connectivity index (χ0) is 9.78. The molecule has 1 atom stereocenters. The molecule has 0 aliphatic rings. The van der Waals surface area contributed by atoms with E-state index in [1.54, 1.807) is 0 Å². The lowest BCUT2D eigenvalue weighted by Crippen LogP contribution is -2.14. The molecule has 74 valence electrons. The van der Waals surface area contributed by atoms with Crippen molar-refractivity contribution in [3.63, 3.8) is 0 Å². The summed E-state index contributed by atoms with van der Waals surface area (Å²) in [4.78, 5) is 0. The van der Waals surface area contributed by atoms with E-state index in [2.05, 4.69) is 0 Å². The second-order valence-electron chi connectivity index (χ2n) is 3.57. The Hall–Kier alpha value is -0.210. The van der Waals surface area contributed by atoms with Crippen LogP contribution in [0.25, 0.3) is 0 Å². The largest absolute Gasteiger partial charge is 0.389 e. The summed E-state index contributed by atoms with van der Waals surface area (Å²) in [6.45, 7) is 5.90. The quantitative estimate of drug-likeness (QED) is 0.616. The van der Waals surface area contributed by atoms with Gasteiger partial charge in [-0.15, -0.1) is 0 Å². The molecule has 0 aromatic carbocycles. The highest BCUT2D eigenvalue weighted by atomic mass is 19.4. The maximum absolute atomic E-state index is 11.8. The van der Waals surface area contributed by atoms with Gasteiger partial charge in [-0.3, -0.25) is 0 Å². The molecular formula is C9H17F3. The van der Waals surface area contributed by atoms with E-state index < -0.39 is 12.6 Å². The van der Waals surface area contributed by atoms with Crippen molar-refractivity contribution in [3.05, 3.63) is 0 Å². The third-order valence-corrected chi connectivity index (χ3v) is 2.27. The zero-order valence-electron chi connectivity index (χ0n) is 7.91. The van der Waals surface area contributed by atoms with Crippen LogP contribution in [0.3, 0.4) is 0 Å². The van der Waals surface area contributed by atoms with Crippen LogP contribution in [0, 0.1) is 11.8 Å². The second-order valence-corrected chi connectivity index (χ2v) is 3.57. The minimum absolute atomic E-state index is 0.214. The maximum atomic E-state index is 11.8. The van der Waals surface area contributed by atoms with Gasteiger partial charge < -0.3 is 0 Å². The Bertz CT molecular complexity index is 115. The highest BCUT2D eigenvalue weighted by Crippen LogP contribution is 2.28. The molecule has 12 heavy (non-hydrogen) atoms. The van der Waals surface area contributed by atoms with Gasteiger partial charge in [0.15, 0.2) is 0 Å². The Balaban J connectivity index is 3.73. The van der Waals surface area contributed by atoms with Crippen LogP contribution in [0.5, 0.6) is 0 Å². The SMILES string of the molecule is CCC(CCC(F)(F)F)C(C)C. The van der Waals surface area contributed by atoms with Gasteiger partial charge in [0.25, 0.3) is 0 Å². The number of halogens is 3. The van der Waals surface area contributed by atoms with Crippen LogP contribution in [0.15, 0.2) is 0 Å². The third kappa shape index (κ3) is 5.44. The smallest absolute Gasteiger partial charge is 0.171 e. The lowest BCUT2D eigenvalue weighted by molar-refractivity contribution is -0.138. The van der Waals surface area contributed by atoms with Gasteiger partial charge in [0.05, 0.1) is 0 Å². The van der Waals surface area contributed by atoms with Gasteiger partial charge in [-0.25, -0.2) is 0 Å². The van der Waals surface area contributed by atoms with Crippen molar-refractivity contribution in [2.24, 2.45) is 11.8 Å². The molecule has 0 amide bonds. The van der Waals surface area contributed by atoms with Gasteiger partial charge >= 0.3 is 6.18 Å². The van der Waals surface area contributed by atoms with Gasteiger partial charge in [-0.2, -0.15) is 13.2 Å². The Morgan fingerprint density at radius 1 is 1.17 bits per heavy atom. The van der Waals surface area contributed by atoms with Crippen molar-refractivity contribution in [2.75, 3.05) is 0 Å². The lowest BCUT2D eigenvalue weighted by atomic mass is 9.89. The van der Waals surface area contributed by atoms with Crippen LogP contribution >= 0.6 is 0 Å². The van der Waals surface area contributed by atoms with Crippen LogP contribution in [-0.4, -0.2) is 6.18 Å². The predicted octanol–water partition coefficient (Wildman–Crippen LogP) is 4.01. The first-order valence-electron chi connectivity index (χ1n) is 4.43. The molecule has 0 saturated heterocycles. The second kappa shape index (κ2) is 4.73. The molecule has 0 aromatic rings. The summed E-state index contributed by atoms with van der Waals surface area (Å²) in [5, 5.41) is 0. The van der Waals surface area contributed by atoms with Crippen molar-refractivity contribution in [1.29, 1.82) is 0 Å². The molecule has 0 aliphatic carbocycles. The lowest BCUT2D eigenvalue weighted by Gasteiger charge is -2.19. The molecule has 0 bridgehead atoms. The molecule has 0 radical (unpaired) electrons. The van der Waals surface area contributed by atoms with Crippen LogP contribution < -0.4 is 0 Å². The van der Waals surface area contributed by atoms with Crippen molar-refractivity contribution in [2.45, 2.75) is 46.2 Å². The minimum atomic E-state index is -3.98. The van der Waals surface area contributed by atoms with Gasteiger partial charge in [-0.1, -0.05) is 27.2 Å². The van der Waals surface area contributed by atoms with E-state index in [0.29, 0.717) is 5.92 Å². The zero-order valence-corrected chi connectivity index (χ0v) is 7.91. The molecule has 0 nitrogen and oxygen atoms in total. The van der Waals surface area contributed by atoms with E-state index in [1.807, 2.05) is 20.8 Å². The first kappa shape index (κ1) is 11.8. The molecule has 0 heterocycles. The molecular weight excluding hydrogens is 165 g/mol. The summed E-state index contributed by atoms with van der Waals surface area (Å²) >= 11 is 0. The summed E-state index contributed by atoms with van der Waals surface area (Å²) in [6.07, 6.45) is -3.50. The highest BCUT2D eigenvalue weighted by molar-refractivity contribution is 4.63. The van der Waals surface area contributed by atoms with E-state index in [4.69, 9.17) is 0 Å². The molecule has 0 aliphatic heterocycles. The molecule has 0 saturated carbocycles. The Morgan fingerprint density at radius 2 is 1.67 bits per heavy atom. The van der Waals surface area contributed by atoms with E-state index in [-0.39, 0.29) is 12.3 Å². The van der Waals surface area contributed by atoms with Crippen molar-refractivity contribution in [3.8, 4) is 0 Å². The van der Waals surface area contributed by atoms with Gasteiger partial charge in [0, 0.05) is 6.42 Å². The fourth-order valence-corrected chi connectivity index (χ4v) is 1.36. The van der Waals surface area contributed by atoms with Crippen LogP contribution in [0.2, 0.25) is 0 Å². The van der Waals surface area contributed by atoms with E-state index >= 15 is 0 Å². The fourth-order valence-electron chi connectivity index (χ4n) is 1.36. The monoisotopic (exact) mass is 182 g/mol. The normalized spacial score (nSPS) is 15.2. The first-order chi connectivity index (χ1) is 5.37. The molecule has 3 heteroatoms. The maximum Gasteiger partial charge on any atom is 0.389 e. The molecule has 0 rings (SSSR count). The van der Waals surface area contributed by atoms with E-state index in [9.17, 15) is 13.2 Å². The molecule has 1 unspecified atom stereocenters. The first-order valence-corrected chi connectivity index (χ1v) is 4.43. The highest BCUT2D eigenvalue weighted by Gasteiger charge is 2.28. The third-order valence-electron chi connectivity index (χ3n) is 2.27. The number of rotatable bonds is 4. The summed E-state index contributed by atoms with van der Waals surface area (Å²) in [7, 11) is 0. The Labute approximate surface area is 72.2 Å². The summed E-state index contributed by atoms with van der Waals surface area (Å²) < 4.78 is 35.4. The van der Waals surface area contributed by atoms with Crippen LogP contribution in [0.4, 0.5) is 13.2 Å². The Morgan fingerprint density at radius 3 is 1.92 bits per heavy atom. The number of alkyl halides is 3. The van der Waals surface area contributed by atoms with Gasteiger partial charge in [0.2, 0.25) is 0 Å². The van der Waals surface area contributed by atoms with Crippen molar-refractivity contribution >= 4 is 0 Å². The Kier molecular flexibility index (Phi) is 4.64. The summed E-state index contributed by atoms with van der Waals surface area (Å²) in [5.41, 5.74) is 0. The molecule has 0 N–H and O–H groups in total. The average Bonchev–Trinajstić information content (AvgIpc) is 1.85. The molecule has 0 aromatic heterocycles.